The average Bonchev–Trinajstić information content (AvgIpc) is 3.43. The summed E-state index contributed by atoms with van der Waals surface area (Å²) in [4.78, 5) is 2.81. The summed E-state index contributed by atoms with van der Waals surface area (Å²) in [6, 6.07) is 30.9. The highest BCUT2D eigenvalue weighted by atomic mass is 32.1. The Morgan fingerprint density at radius 1 is 0.724 bits per heavy atom. The summed E-state index contributed by atoms with van der Waals surface area (Å²) in [5.74, 6) is 0. The largest absolute Gasteiger partial charge is 0.134 e. The van der Waals surface area contributed by atoms with Crippen LogP contribution in [-0.2, 0) is 11.8 Å². The second kappa shape index (κ2) is 6.30. The average molecular weight is 391 g/mol. The molecule has 1 heteroatoms. The molecule has 2 aliphatic carbocycles. The standard InChI is InChI=1S/C28H22S/c1-19-18-28(17-16-20-10-8-9-15-23(20)28)25-24(19)26(21-11-4-2-5-12-21)29-27(25)22-13-6-3-7-14-22/h2-15H,1,16-18H2. The maximum Gasteiger partial charge on any atom is 0.0427 e. The lowest BCUT2D eigenvalue weighted by Gasteiger charge is -2.27. The van der Waals surface area contributed by atoms with Gasteiger partial charge in [-0.25, -0.2) is 0 Å². The summed E-state index contributed by atoms with van der Waals surface area (Å²) in [6.45, 7) is 4.59. The Morgan fingerprint density at radius 3 is 2.07 bits per heavy atom. The molecule has 1 heterocycles. The summed E-state index contributed by atoms with van der Waals surface area (Å²) in [7, 11) is 0. The van der Waals surface area contributed by atoms with Gasteiger partial charge in [0.25, 0.3) is 0 Å². The lowest BCUT2D eigenvalue weighted by atomic mass is 9.76. The van der Waals surface area contributed by atoms with E-state index in [0.29, 0.717) is 0 Å². The van der Waals surface area contributed by atoms with Gasteiger partial charge in [0.05, 0.1) is 0 Å². The molecule has 1 atom stereocenters. The van der Waals surface area contributed by atoms with E-state index in [2.05, 4.69) is 91.5 Å². The monoisotopic (exact) mass is 390 g/mol. The molecule has 2 aliphatic rings. The Kier molecular flexibility index (Phi) is 3.69. The molecule has 6 rings (SSSR count). The van der Waals surface area contributed by atoms with Crippen molar-refractivity contribution in [3.63, 3.8) is 0 Å². The minimum absolute atomic E-state index is 0.0811. The molecule has 4 aromatic rings. The van der Waals surface area contributed by atoms with Gasteiger partial charge in [-0.3, -0.25) is 0 Å². The molecular formula is C28H22S. The highest BCUT2D eigenvalue weighted by Gasteiger charge is 2.49. The van der Waals surface area contributed by atoms with Crippen LogP contribution in [0, 0.1) is 0 Å². The lowest BCUT2D eigenvalue weighted by molar-refractivity contribution is 0.545. The Balaban J connectivity index is 1.69. The fraction of sp³-hybridized carbons (Fsp3) is 0.143. The number of hydrogen-bond acceptors (Lipinski definition) is 1. The van der Waals surface area contributed by atoms with Gasteiger partial charge in [-0.2, -0.15) is 0 Å². The van der Waals surface area contributed by atoms with Gasteiger partial charge in [0.15, 0.2) is 0 Å². The maximum atomic E-state index is 4.59. The van der Waals surface area contributed by atoms with Crippen molar-refractivity contribution in [3.05, 3.63) is 114 Å². The number of hydrogen-bond donors (Lipinski definition) is 0. The molecule has 0 saturated heterocycles. The molecular weight excluding hydrogens is 368 g/mol. The fourth-order valence-corrected chi connectivity index (χ4v) is 6.94. The molecule has 0 bridgehead atoms. The number of rotatable bonds is 2. The molecule has 0 fully saturated rings. The fourth-order valence-electron chi connectivity index (χ4n) is 5.48. The van der Waals surface area contributed by atoms with Crippen LogP contribution in [0.25, 0.3) is 26.5 Å². The quantitative estimate of drug-likeness (QED) is 0.328. The number of benzene rings is 3. The third-order valence-corrected chi connectivity index (χ3v) is 7.97. The molecule has 0 radical (unpaired) electrons. The van der Waals surface area contributed by atoms with Gasteiger partial charge in [0.1, 0.15) is 0 Å². The zero-order valence-electron chi connectivity index (χ0n) is 16.3. The minimum Gasteiger partial charge on any atom is -0.134 e. The second-order valence-electron chi connectivity index (χ2n) is 8.26. The van der Waals surface area contributed by atoms with Crippen molar-refractivity contribution < 1.29 is 0 Å². The first-order valence-electron chi connectivity index (χ1n) is 10.3. The molecule has 1 aromatic heterocycles. The Morgan fingerprint density at radius 2 is 1.34 bits per heavy atom. The molecule has 0 nitrogen and oxygen atoms in total. The van der Waals surface area contributed by atoms with Gasteiger partial charge in [-0.05, 0) is 52.7 Å². The third-order valence-electron chi connectivity index (χ3n) is 6.68. The van der Waals surface area contributed by atoms with Crippen LogP contribution >= 0.6 is 11.3 Å². The van der Waals surface area contributed by atoms with E-state index in [1.807, 2.05) is 11.3 Å². The van der Waals surface area contributed by atoms with E-state index in [1.54, 1.807) is 0 Å². The molecule has 0 N–H and O–H groups in total. The van der Waals surface area contributed by atoms with Crippen molar-refractivity contribution in [1.82, 2.24) is 0 Å². The Labute approximate surface area is 176 Å². The predicted molar refractivity (Wildman–Crippen MR) is 124 cm³/mol. The van der Waals surface area contributed by atoms with E-state index < -0.39 is 0 Å². The molecule has 29 heavy (non-hydrogen) atoms. The molecule has 0 aliphatic heterocycles. The van der Waals surface area contributed by atoms with Crippen molar-refractivity contribution in [2.24, 2.45) is 0 Å². The van der Waals surface area contributed by atoms with E-state index >= 15 is 0 Å². The van der Waals surface area contributed by atoms with Crippen LogP contribution in [0.3, 0.4) is 0 Å². The first-order valence-corrected chi connectivity index (χ1v) is 11.1. The van der Waals surface area contributed by atoms with Crippen molar-refractivity contribution in [1.29, 1.82) is 0 Å². The maximum absolute atomic E-state index is 4.59. The lowest BCUT2D eigenvalue weighted by Crippen LogP contribution is -2.21. The first-order chi connectivity index (χ1) is 14.3. The highest BCUT2D eigenvalue weighted by molar-refractivity contribution is 7.19. The van der Waals surface area contributed by atoms with Crippen molar-refractivity contribution in [2.75, 3.05) is 0 Å². The van der Waals surface area contributed by atoms with E-state index in [0.717, 1.165) is 12.8 Å². The summed E-state index contributed by atoms with van der Waals surface area (Å²) in [5.41, 5.74) is 10.00. The SMILES string of the molecule is C=C1CC2(CCc3ccccc32)c2c(-c3ccccc3)sc(-c3ccccc3)c21. The van der Waals surface area contributed by atoms with Crippen LogP contribution in [0.5, 0.6) is 0 Å². The molecule has 0 amide bonds. The summed E-state index contributed by atoms with van der Waals surface area (Å²) in [6.07, 6.45) is 3.39. The third kappa shape index (κ3) is 2.37. The number of fused-ring (bicyclic) bond motifs is 4. The van der Waals surface area contributed by atoms with Crippen molar-refractivity contribution in [2.45, 2.75) is 24.7 Å². The number of thiophene rings is 1. The smallest absolute Gasteiger partial charge is 0.0427 e. The number of aryl methyl sites for hydroxylation is 1. The van der Waals surface area contributed by atoms with E-state index in [1.165, 1.54) is 55.1 Å². The first kappa shape index (κ1) is 17.0. The van der Waals surface area contributed by atoms with E-state index in [4.69, 9.17) is 0 Å². The van der Waals surface area contributed by atoms with E-state index in [9.17, 15) is 0 Å². The normalized spacial score (nSPS) is 19.5. The van der Waals surface area contributed by atoms with Crippen molar-refractivity contribution in [3.8, 4) is 20.9 Å². The van der Waals surface area contributed by atoms with Crippen LogP contribution in [0.15, 0.2) is 91.5 Å². The predicted octanol–water partition coefficient (Wildman–Crippen LogP) is 7.73. The van der Waals surface area contributed by atoms with E-state index in [-0.39, 0.29) is 5.41 Å². The molecule has 0 saturated carbocycles. The molecule has 1 unspecified atom stereocenters. The van der Waals surface area contributed by atoms with Gasteiger partial charge in [0, 0.05) is 20.7 Å². The van der Waals surface area contributed by atoms with Crippen LogP contribution in [0.1, 0.15) is 35.1 Å². The Bertz CT molecular complexity index is 1230. The highest BCUT2D eigenvalue weighted by Crippen LogP contribution is 2.62. The van der Waals surface area contributed by atoms with Crippen LogP contribution < -0.4 is 0 Å². The second-order valence-corrected chi connectivity index (χ2v) is 9.28. The van der Waals surface area contributed by atoms with Gasteiger partial charge in [-0.15, -0.1) is 11.3 Å². The van der Waals surface area contributed by atoms with Crippen LogP contribution in [0.4, 0.5) is 0 Å². The number of allylic oxidation sites excluding steroid dienone is 1. The van der Waals surface area contributed by atoms with Gasteiger partial charge >= 0.3 is 0 Å². The minimum atomic E-state index is 0.0811. The summed E-state index contributed by atoms with van der Waals surface area (Å²) >= 11 is 1.95. The topological polar surface area (TPSA) is 0 Å². The summed E-state index contributed by atoms with van der Waals surface area (Å²) < 4.78 is 0. The molecule has 1 spiro atoms. The van der Waals surface area contributed by atoms with Gasteiger partial charge in [0.2, 0.25) is 0 Å². The Hall–Kier alpha value is -2.90. The van der Waals surface area contributed by atoms with Crippen LogP contribution in [-0.4, -0.2) is 0 Å². The zero-order valence-corrected chi connectivity index (χ0v) is 17.1. The van der Waals surface area contributed by atoms with Crippen LogP contribution in [0.2, 0.25) is 0 Å². The van der Waals surface area contributed by atoms with Gasteiger partial charge < -0.3 is 0 Å². The zero-order chi connectivity index (χ0) is 19.4. The molecule has 140 valence electrons. The van der Waals surface area contributed by atoms with Crippen molar-refractivity contribution >= 4 is 16.9 Å². The summed E-state index contributed by atoms with van der Waals surface area (Å²) in [5, 5.41) is 0. The van der Waals surface area contributed by atoms with Gasteiger partial charge in [-0.1, -0.05) is 91.5 Å². The molecule has 3 aromatic carbocycles.